The van der Waals surface area contributed by atoms with Crippen molar-refractivity contribution in [3.05, 3.63) is 67.0 Å². The van der Waals surface area contributed by atoms with Gasteiger partial charge in [0.15, 0.2) is 12.4 Å². The van der Waals surface area contributed by atoms with Gasteiger partial charge in [0.25, 0.3) is 0 Å². The molecule has 0 unspecified atom stereocenters. The monoisotopic (exact) mass is 279 g/mol. The molecule has 0 radical (unpaired) electrons. The standard InChI is InChI=1S/C18H18N2O/c1-2-13-21-18-8-6-15(7-9-18)19-16-10-12-20-11-4-3-5-17(20)14-16/h3-12,14H,2,13H2,1H3/p+1. The number of aromatic nitrogens is 1. The molecule has 2 aromatic heterocycles. The molecule has 3 nitrogen and oxygen atoms in total. The molecule has 0 saturated heterocycles. The van der Waals surface area contributed by atoms with Gasteiger partial charge in [-0.2, -0.15) is 4.40 Å². The number of fused-ring (bicyclic) bond motifs is 1. The molecule has 0 atom stereocenters. The fraction of sp³-hybridized carbons (Fsp3) is 0.167. The van der Waals surface area contributed by atoms with Crippen LogP contribution < -0.4 is 14.5 Å². The molecule has 0 aliphatic carbocycles. The van der Waals surface area contributed by atoms with E-state index in [2.05, 4.69) is 41.0 Å². The van der Waals surface area contributed by atoms with Crippen molar-refractivity contribution in [2.75, 3.05) is 11.9 Å². The summed E-state index contributed by atoms with van der Waals surface area (Å²) in [5.74, 6) is 0.913. The van der Waals surface area contributed by atoms with Gasteiger partial charge in [0.1, 0.15) is 5.75 Å². The van der Waals surface area contributed by atoms with Crippen LogP contribution in [0.3, 0.4) is 0 Å². The van der Waals surface area contributed by atoms with Gasteiger partial charge in [0.05, 0.1) is 12.3 Å². The van der Waals surface area contributed by atoms with E-state index >= 15 is 0 Å². The first-order valence-corrected chi connectivity index (χ1v) is 7.25. The first-order valence-electron chi connectivity index (χ1n) is 7.25. The average Bonchev–Trinajstić information content (AvgIpc) is 2.54. The number of benzene rings is 1. The third kappa shape index (κ3) is 3.31. The molecular weight excluding hydrogens is 260 g/mol. The molecule has 0 spiro atoms. The summed E-state index contributed by atoms with van der Waals surface area (Å²) in [6.45, 7) is 2.86. The third-order valence-corrected chi connectivity index (χ3v) is 3.26. The van der Waals surface area contributed by atoms with E-state index in [1.165, 1.54) is 0 Å². The molecule has 0 bridgehead atoms. The van der Waals surface area contributed by atoms with Crippen LogP contribution in [0, 0.1) is 0 Å². The van der Waals surface area contributed by atoms with Gasteiger partial charge in [-0.1, -0.05) is 6.92 Å². The van der Waals surface area contributed by atoms with Gasteiger partial charge in [0.2, 0.25) is 5.52 Å². The van der Waals surface area contributed by atoms with Gasteiger partial charge in [-0.25, -0.2) is 0 Å². The lowest BCUT2D eigenvalue weighted by molar-refractivity contribution is -0.511. The summed E-state index contributed by atoms with van der Waals surface area (Å²) in [5.41, 5.74) is 3.29. The second-order valence-corrected chi connectivity index (χ2v) is 4.95. The second-order valence-electron chi connectivity index (χ2n) is 4.95. The molecule has 0 amide bonds. The van der Waals surface area contributed by atoms with E-state index in [0.717, 1.165) is 35.7 Å². The summed E-state index contributed by atoms with van der Waals surface area (Å²) >= 11 is 0. The van der Waals surface area contributed by atoms with Gasteiger partial charge >= 0.3 is 0 Å². The Morgan fingerprint density at radius 1 is 0.952 bits per heavy atom. The molecule has 2 heterocycles. The zero-order valence-electron chi connectivity index (χ0n) is 12.1. The summed E-state index contributed by atoms with van der Waals surface area (Å²) in [6, 6.07) is 18.4. The van der Waals surface area contributed by atoms with Crippen LogP contribution in [0.25, 0.3) is 5.52 Å². The number of anilines is 2. The highest BCUT2D eigenvalue weighted by Gasteiger charge is 2.03. The molecular formula is C18H19N2O+. The van der Waals surface area contributed by atoms with E-state index < -0.39 is 0 Å². The largest absolute Gasteiger partial charge is 0.494 e. The predicted octanol–water partition coefficient (Wildman–Crippen LogP) is 3.96. The summed E-state index contributed by atoms with van der Waals surface area (Å²) in [7, 11) is 0. The minimum atomic E-state index is 0.759. The highest BCUT2D eigenvalue weighted by atomic mass is 16.5. The van der Waals surface area contributed by atoms with Gasteiger partial charge in [-0.3, -0.25) is 0 Å². The number of nitrogens with zero attached hydrogens (tertiary/aromatic N) is 1. The Balaban J connectivity index is 1.75. The van der Waals surface area contributed by atoms with Crippen LogP contribution in [0.5, 0.6) is 5.75 Å². The molecule has 1 aromatic carbocycles. The Morgan fingerprint density at radius 3 is 2.62 bits per heavy atom. The molecule has 0 fully saturated rings. The highest BCUT2D eigenvalue weighted by Crippen LogP contribution is 2.20. The molecule has 3 heteroatoms. The maximum Gasteiger partial charge on any atom is 0.212 e. The molecule has 0 aliphatic heterocycles. The average molecular weight is 279 g/mol. The van der Waals surface area contributed by atoms with E-state index in [-0.39, 0.29) is 0 Å². The summed E-state index contributed by atoms with van der Waals surface area (Å²) in [4.78, 5) is 0. The van der Waals surface area contributed by atoms with Crippen molar-refractivity contribution in [2.24, 2.45) is 0 Å². The maximum atomic E-state index is 5.59. The van der Waals surface area contributed by atoms with Crippen LogP contribution in [0.2, 0.25) is 0 Å². The zero-order chi connectivity index (χ0) is 14.5. The quantitative estimate of drug-likeness (QED) is 0.715. The lowest BCUT2D eigenvalue weighted by atomic mass is 10.2. The molecule has 3 rings (SSSR count). The Morgan fingerprint density at radius 2 is 1.81 bits per heavy atom. The van der Waals surface area contributed by atoms with E-state index in [4.69, 9.17) is 4.74 Å². The summed E-state index contributed by atoms with van der Waals surface area (Å²) < 4.78 is 7.68. The molecule has 106 valence electrons. The lowest BCUT2D eigenvalue weighted by Crippen LogP contribution is -2.19. The zero-order valence-corrected chi connectivity index (χ0v) is 12.1. The Hall–Kier alpha value is -2.55. The van der Waals surface area contributed by atoms with Crippen LogP contribution >= 0.6 is 0 Å². The minimum absolute atomic E-state index is 0.759. The van der Waals surface area contributed by atoms with Crippen molar-refractivity contribution in [1.29, 1.82) is 0 Å². The van der Waals surface area contributed by atoms with Crippen molar-refractivity contribution >= 4 is 16.9 Å². The predicted molar refractivity (Wildman–Crippen MR) is 85.1 cm³/mol. The van der Waals surface area contributed by atoms with E-state index in [1.807, 2.05) is 42.6 Å². The topological polar surface area (TPSA) is 25.4 Å². The van der Waals surface area contributed by atoms with Crippen molar-refractivity contribution < 1.29 is 9.14 Å². The lowest BCUT2D eigenvalue weighted by Gasteiger charge is -2.08. The molecule has 3 aromatic rings. The fourth-order valence-electron chi connectivity index (χ4n) is 2.19. The molecule has 21 heavy (non-hydrogen) atoms. The normalized spacial score (nSPS) is 10.5. The van der Waals surface area contributed by atoms with Crippen molar-refractivity contribution in [3.8, 4) is 5.75 Å². The third-order valence-electron chi connectivity index (χ3n) is 3.26. The first kappa shape index (κ1) is 13.4. The Labute approximate surface area is 124 Å². The number of hydrogen-bond donors (Lipinski definition) is 1. The number of nitrogens with one attached hydrogen (secondary N) is 1. The Bertz CT molecular complexity index is 723. The molecule has 0 saturated carbocycles. The molecule has 0 aliphatic rings. The van der Waals surface area contributed by atoms with Gasteiger partial charge in [-0.05, 0) is 36.8 Å². The van der Waals surface area contributed by atoms with Crippen LogP contribution in [-0.2, 0) is 0 Å². The Kier molecular flexibility index (Phi) is 4.01. The number of rotatable bonds is 5. The van der Waals surface area contributed by atoms with E-state index in [1.54, 1.807) is 0 Å². The smallest absolute Gasteiger partial charge is 0.212 e. The number of pyridine rings is 2. The summed E-state index contributed by atoms with van der Waals surface area (Å²) in [5, 5.41) is 3.41. The van der Waals surface area contributed by atoms with Gasteiger partial charge < -0.3 is 10.1 Å². The fourth-order valence-corrected chi connectivity index (χ4v) is 2.19. The minimum Gasteiger partial charge on any atom is -0.494 e. The summed E-state index contributed by atoms with van der Waals surface area (Å²) in [6.07, 6.45) is 5.12. The second kappa shape index (κ2) is 6.27. The molecule has 1 N–H and O–H groups in total. The number of ether oxygens (including phenoxy) is 1. The van der Waals surface area contributed by atoms with Gasteiger partial charge in [0, 0.05) is 30.0 Å². The maximum absolute atomic E-state index is 5.59. The van der Waals surface area contributed by atoms with Crippen molar-refractivity contribution in [2.45, 2.75) is 13.3 Å². The van der Waals surface area contributed by atoms with Crippen LogP contribution in [0.1, 0.15) is 13.3 Å². The van der Waals surface area contributed by atoms with Crippen molar-refractivity contribution in [3.63, 3.8) is 0 Å². The van der Waals surface area contributed by atoms with Gasteiger partial charge in [-0.15, -0.1) is 0 Å². The number of hydrogen-bond acceptors (Lipinski definition) is 2. The van der Waals surface area contributed by atoms with E-state index in [0.29, 0.717) is 0 Å². The van der Waals surface area contributed by atoms with Crippen LogP contribution in [-0.4, -0.2) is 6.61 Å². The van der Waals surface area contributed by atoms with Crippen molar-refractivity contribution in [1.82, 2.24) is 0 Å². The first-order chi connectivity index (χ1) is 10.3. The SMILES string of the molecule is CCCOc1ccc(Nc2cc[n+]3ccccc3c2)cc1. The highest BCUT2D eigenvalue weighted by molar-refractivity contribution is 5.63. The van der Waals surface area contributed by atoms with Crippen LogP contribution in [0.15, 0.2) is 67.0 Å². The van der Waals surface area contributed by atoms with Crippen LogP contribution in [0.4, 0.5) is 11.4 Å². The van der Waals surface area contributed by atoms with E-state index in [9.17, 15) is 0 Å².